The molecule has 0 N–H and O–H groups in total. The van der Waals surface area contributed by atoms with Gasteiger partial charge >= 0.3 is 0 Å². The van der Waals surface area contributed by atoms with Crippen LogP contribution < -0.4 is 0 Å². The van der Waals surface area contributed by atoms with Crippen LogP contribution in [-0.2, 0) is 0 Å². The molecule has 0 unspecified atom stereocenters. The molecule has 0 aliphatic heterocycles. The van der Waals surface area contributed by atoms with Gasteiger partial charge < -0.3 is 0 Å². The normalized spacial score (nSPS) is 10.7. The lowest BCUT2D eigenvalue weighted by molar-refractivity contribution is 1.63. The Labute approximate surface area is 154 Å². The average molecular weight is 391 g/mol. The predicted octanol–water partition coefficient (Wildman–Crippen LogP) is 7.51. The summed E-state index contributed by atoms with van der Waals surface area (Å²) < 4.78 is 1.11. The van der Waals surface area contributed by atoms with Crippen LogP contribution in [0.25, 0.3) is 32.0 Å². The minimum Gasteiger partial charge on any atom is -0.135 e. The van der Waals surface area contributed by atoms with Crippen molar-refractivity contribution < 1.29 is 0 Å². The summed E-state index contributed by atoms with van der Waals surface area (Å²) >= 11 is 5.37. The molecule has 0 atom stereocenters. The first-order chi connectivity index (χ1) is 11.8. The molecule has 0 saturated heterocycles. The van der Waals surface area contributed by atoms with Gasteiger partial charge in [-0.05, 0) is 34.9 Å². The van der Waals surface area contributed by atoms with Crippen LogP contribution in [0.15, 0.2) is 95.5 Å². The van der Waals surface area contributed by atoms with Crippen LogP contribution >= 0.6 is 27.3 Å². The SMILES string of the molecule is Brc1ccc(-c2cc(-c3ccccc3)c(-c3ccccc3)s2)cc1. The molecule has 0 aliphatic carbocycles. The standard InChI is InChI=1S/C22H15BrS/c23-19-13-11-17(12-14-19)21-15-20(16-7-3-1-4-8-16)22(24-21)18-9-5-2-6-10-18/h1-15H. The summed E-state index contributed by atoms with van der Waals surface area (Å²) in [5, 5.41) is 0. The molecule has 2 heteroatoms. The molecule has 4 aromatic rings. The quantitative estimate of drug-likeness (QED) is 0.339. The third kappa shape index (κ3) is 3.08. The molecule has 0 fully saturated rings. The largest absolute Gasteiger partial charge is 0.135 e. The van der Waals surface area contributed by atoms with E-state index < -0.39 is 0 Å². The maximum atomic E-state index is 3.51. The van der Waals surface area contributed by atoms with Gasteiger partial charge in [0.25, 0.3) is 0 Å². The second-order valence-electron chi connectivity index (χ2n) is 5.59. The third-order valence-corrected chi connectivity index (χ3v) is 5.74. The van der Waals surface area contributed by atoms with Crippen LogP contribution in [0.4, 0.5) is 0 Å². The molecule has 0 spiro atoms. The molecule has 3 aromatic carbocycles. The zero-order valence-electron chi connectivity index (χ0n) is 12.9. The highest BCUT2D eigenvalue weighted by atomic mass is 79.9. The van der Waals surface area contributed by atoms with Gasteiger partial charge in [-0.25, -0.2) is 0 Å². The molecular formula is C22H15BrS. The first kappa shape index (κ1) is 15.4. The van der Waals surface area contributed by atoms with E-state index in [2.05, 4.69) is 107 Å². The summed E-state index contributed by atoms with van der Waals surface area (Å²) in [5.74, 6) is 0. The van der Waals surface area contributed by atoms with E-state index in [4.69, 9.17) is 0 Å². The van der Waals surface area contributed by atoms with Crippen molar-refractivity contribution in [2.75, 3.05) is 0 Å². The Balaban J connectivity index is 1.89. The molecule has 24 heavy (non-hydrogen) atoms. The second-order valence-corrected chi connectivity index (χ2v) is 7.56. The Morgan fingerprint density at radius 1 is 0.583 bits per heavy atom. The van der Waals surface area contributed by atoms with E-state index in [0.717, 1.165) is 4.47 Å². The number of halogens is 1. The van der Waals surface area contributed by atoms with E-state index in [-0.39, 0.29) is 0 Å². The fraction of sp³-hybridized carbons (Fsp3) is 0. The summed E-state index contributed by atoms with van der Waals surface area (Å²) in [6, 6.07) is 32.1. The molecule has 0 nitrogen and oxygen atoms in total. The van der Waals surface area contributed by atoms with Crippen molar-refractivity contribution in [1.82, 2.24) is 0 Å². The lowest BCUT2D eigenvalue weighted by Gasteiger charge is -2.03. The zero-order chi connectivity index (χ0) is 16.4. The Hall–Kier alpha value is -2.16. The molecule has 0 saturated carbocycles. The van der Waals surface area contributed by atoms with Crippen molar-refractivity contribution in [3.63, 3.8) is 0 Å². The number of hydrogen-bond acceptors (Lipinski definition) is 1. The summed E-state index contributed by atoms with van der Waals surface area (Å²) in [6.07, 6.45) is 0. The number of thiophene rings is 1. The summed E-state index contributed by atoms with van der Waals surface area (Å²) in [7, 11) is 0. The van der Waals surface area contributed by atoms with E-state index in [0.29, 0.717) is 0 Å². The zero-order valence-corrected chi connectivity index (χ0v) is 15.3. The van der Waals surface area contributed by atoms with Gasteiger partial charge in [0.1, 0.15) is 0 Å². The first-order valence-corrected chi connectivity index (χ1v) is 9.43. The average Bonchev–Trinajstić information content (AvgIpc) is 3.09. The van der Waals surface area contributed by atoms with Gasteiger partial charge in [-0.2, -0.15) is 0 Å². The monoisotopic (exact) mass is 390 g/mol. The minimum absolute atomic E-state index is 1.11. The third-order valence-electron chi connectivity index (χ3n) is 3.98. The summed E-state index contributed by atoms with van der Waals surface area (Å²) in [4.78, 5) is 2.61. The number of benzene rings is 3. The van der Waals surface area contributed by atoms with Gasteiger partial charge in [0, 0.05) is 19.8 Å². The molecule has 0 amide bonds. The maximum absolute atomic E-state index is 3.51. The van der Waals surface area contributed by atoms with Crippen molar-refractivity contribution in [3.05, 3.63) is 95.5 Å². The Morgan fingerprint density at radius 2 is 1.17 bits per heavy atom. The van der Waals surface area contributed by atoms with E-state index in [9.17, 15) is 0 Å². The second kappa shape index (κ2) is 6.76. The van der Waals surface area contributed by atoms with Crippen molar-refractivity contribution in [1.29, 1.82) is 0 Å². The molecule has 0 bridgehead atoms. The number of hydrogen-bond donors (Lipinski definition) is 0. The predicted molar refractivity (Wildman–Crippen MR) is 108 cm³/mol. The van der Waals surface area contributed by atoms with Gasteiger partial charge in [0.15, 0.2) is 0 Å². The highest BCUT2D eigenvalue weighted by Crippen LogP contribution is 2.43. The Kier molecular flexibility index (Phi) is 4.33. The van der Waals surface area contributed by atoms with Gasteiger partial charge in [-0.15, -0.1) is 11.3 Å². The highest BCUT2D eigenvalue weighted by Gasteiger charge is 2.13. The Morgan fingerprint density at radius 3 is 1.79 bits per heavy atom. The lowest BCUT2D eigenvalue weighted by Crippen LogP contribution is -1.78. The molecule has 1 heterocycles. The molecular weight excluding hydrogens is 376 g/mol. The van der Waals surface area contributed by atoms with Crippen LogP contribution in [0.2, 0.25) is 0 Å². The summed E-state index contributed by atoms with van der Waals surface area (Å²) in [5.41, 5.74) is 5.08. The van der Waals surface area contributed by atoms with Crippen LogP contribution in [0, 0.1) is 0 Å². The van der Waals surface area contributed by atoms with E-state index in [1.165, 1.54) is 32.0 Å². The topological polar surface area (TPSA) is 0 Å². The highest BCUT2D eigenvalue weighted by molar-refractivity contribution is 9.10. The maximum Gasteiger partial charge on any atom is 0.0427 e. The lowest BCUT2D eigenvalue weighted by atomic mass is 10.0. The van der Waals surface area contributed by atoms with Gasteiger partial charge in [0.2, 0.25) is 0 Å². The fourth-order valence-electron chi connectivity index (χ4n) is 2.78. The Bertz CT molecular complexity index is 881. The van der Waals surface area contributed by atoms with Crippen molar-refractivity contribution in [3.8, 4) is 32.0 Å². The van der Waals surface area contributed by atoms with Crippen LogP contribution in [-0.4, -0.2) is 0 Å². The van der Waals surface area contributed by atoms with Crippen molar-refractivity contribution >= 4 is 27.3 Å². The molecule has 0 radical (unpaired) electrons. The minimum atomic E-state index is 1.11. The van der Waals surface area contributed by atoms with E-state index >= 15 is 0 Å². The fourth-order valence-corrected chi connectivity index (χ4v) is 4.24. The molecule has 1 aromatic heterocycles. The molecule has 116 valence electrons. The summed E-state index contributed by atoms with van der Waals surface area (Å²) in [6.45, 7) is 0. The number of rotatable bonds is 3. The van der Waals surface area contributed by atoms with E-state index in [1.807, 2.05) is 11.3 Å². The smallest absolute Gasteiger partial charge is 0.0427 e. The van der Waals surface area contributed by atoms with Crippen LogP contribution in [0.5, 0.6) is 0 Å². The first-order valence-electron chi connectivity index (χ1n) is 7.82. The molecule has 4 rings (SSSR count). The van der Waals surface area contributed by atoms with Gasteiger partial charge in [0.05, 0.1) is 0 Å². The van der Waals surface area contributed by atoms with Crippen LogP contribution in [0.3, 0.4) is 0 Å². The van der Waals surface area contributed by atoms with Crippen molar-refractivity contribution in [2.24, 2.45) is 0 Å². The van der Waals surface area contributed by atoms with E-state index in [1.54, 1.807) is 0 Å². The van der Waals surface area contributed by atoms with Gasteiger partial charge in [-0.1, -0.05) is 88.7 Å². The van der Waals surface area contributed by atoms with Crippen molar-refractivity contribution in [2.45, 2.75) is 0 Å². The van der Waals surface area contributed by atoms with Crippen LogP contribution in [0.1, 0.15) is 0 Å². The molecule has 0 aliphatic rings. The van der Waals surface area contributed by atoms with Gasteiger partial charge in [-0.3, -0.25) is 0 Å².